The normalized spacial score (nSPS) is 12.3. The number of ether oxygens (including phenoxy) is 1. The molecule has 0 aliphatic heterocycles. The summed E-state index contributed by atoms with van der Waals surface area (Å²) in [5.41, 5.74) is 3.38. The lowest BCUT2D eigenvalue weighted by Crippen LogP contribution is -2.00. The van der Waals surface area contributed by atoms with Crippen molar-refractivity contribution in [2.24, 2.45) is 0 Å². The molecule has 0 aliphatic carbocycles. The highest BCUT2D eigenvalue weighted by Crippen LogP contribution is 2.34. The van der Waals surface area contributed by atoms with Crippen molar-refractivity contribution in [3.05, 3.63) is 64.5 Å². The zero-order chi connectivity index (χ0) is 14.0. The van der Waals surface area contributed by atoms with Gasteiger partial charge in [0.2, 0.25) is 0 Å². The first-order valence-electron chi connectivity index (χ1n) is 6.07. The van der Waals surface area contributed by atoms with E-state index in [1.807, 2.05) is 32.0 Å². The van der Waals surface area contributed by atoms with Crippen LogP contribution in [0.1, 0.15) is 27.6 Å². The minimum absolute atomic E-state index is 0.277. The maximum absolute atomic E-state index is 13.9. The minimum Gasteiger partial charge on any atom is -0.497 e. The van der Waals surface area contributed by atoms with Crippen LogP contribution in [-0.4, -0.2) is 7.11 Å². The summed E-state index contributed by atoms with van der Waals surface area (Å²) in [6, 6.07) is 10.6. The first-order chi connectivity index (χ1) is 9.02. The Morgan fingerprint density at radius 1 is 1.05 bits per heavy atom. The molecule has 2 aromatic rings. The maximum atomic E-state index is 13.9. The number of rotatable bonds is 3. The van der Waals surface area contributed by atoms with Crippen molar-refractivity contribution in [2.75, 3.05) is 7.11 Å². The van der Waals surface area contributed by atoms with Gasteiger partial charge >= 0.3 is 0 Å². The van der Waals surface area contributed by atoms with Crippen molar-refractivity contribution in [1.82, 2.24) is 0 Å². The minimum atomic E-state index is -0.495. The highest BCUT2D eigenvalue weighted by molar-refractivity contribution is 6.22. The van der Waals surface area contributed by atoms with Crippen molar-refractivity contribution in [3.63, 3.8) is 0 Å². The molecule has 2 rings (SSSR count). The van der Waals surface area contributed by atoms with E-state index in [9.17, 15) is 4.39 Å². The molecule has 1 unspecified atom stereocenters. The molecule has 0 bridgehead atoms. The van der Waals surface area contributed by atoms with Gasteiger partial charge in [0.25, 0.3) is 0 Å². The second-order valence-corrected chi connectivity index (χ2v) is 5.05. The van der Waals surface area contributed by atoms with E-state index < -0.39 is 5.38 Å². The molecule has 0 radical (unpaired) electrons. The zero-order valence-corrected chi connectivity index (χ0v) is 12.0. The molecule has 0 saturated carbocycles. The SMILES string of the molecule is COc1ccc(C(Cl)c2cc(C)ccc2F)c(C)c1. The third-order valence-corrected chi connectivity index (χ3v) is 3.64. The first kappa shape index (κ1) is 13.9. The van der Waals surface area contributed by atoms with Crippen LogP contribution < -0.4 is 4.74 Å². The van der Waals surface area contributed by atoms with Gasteiger partial charge < -0.3 is 4.74 Å². The van der Waals surface area contributed by atoms with Gasteiger partial charge in [-0.2, -0.15) is 0 Å². The zero-order valence-electron chi connectivity index (χ0n) is 11.2. The Morgan fingerprint density at radius 2 is 1.79 bits per heavy atom. The fourth-order valence-corrected chi connectivity index (χ4v) is 2.50. The number of hydrogen-bond donors (Lipinski definition) is 0. The molecule has 0 aromatic heterocycles. The number of alkyl halides is 1. The van der Waals surface area contributed by atoms with Gasteiger partial charge in [-0.25, -0.2) is 4.39 Å². The highest BCUT2D eigenvalue weighted by atomic mass is 35.5. The molecule has 0 spiro atoms. The van der Waals surface area contributed by atoms with Crippen molar-refractivity contribution in [3.8, 4) is 5.75 Å². The van der Waals surface area contributed by atoms with Gasteiger partial charge in [-0.3, -0.25) is 0 Å². The molecule has 0 saturated heterocycles. The molecular weight excluding hydrogens is 263 g/mol. The van der Waals surface area contributed by atoms with Gasteiger partial charge in [-0.05, 0) is 43.2 Å². The summed E-state index contributed by atoms with van der Waals surface area (Å²) in [6.07, 6.45) is 0. The van der Waals surface area contributed by atoms with Gasteiger partial charge in [0.15, 0.2) is 0 Å². The number of methoxy groups -OCH3 is 1. The summed E-state index contributed by atoms with van der Waals surface area (Å²) in [5.74, 6) is 0.496. The molecule has 1 atom stereocenters. The molecule has 1 nitrogen and oxygen atoms in total. The van der Waals surface area contributed by atoms with E-state index in [1.54, 1.807) is 19.2 Å². The molecule has 2 aromatic carbocycles. The fraction of sp³-hybridized carbons (Fsp3) is 0.250. The smallest absolute Gasteiger partial charge is 0.128 e. The van der Waals surface area contributed by atoms with E-state index in [0.717, 1.165) is 22.4 Å². The molecular formula is C16H16ClFO. The largest absolute Gasteiger partial charge is 0.497 e. The van der Waals surface area contributed by atoms with Crippen LogP contribution in [0.4, 0.5) is 4.39 Å². The van der Waals surface area contributed by atoms with Crippen molar-refractivity contribution in [2.45, 2.75) is 19.2 Å². The Labute approximate surface area is 118 Å². The quantitative estimate of drug-likeness (QED) is 0.734. The number of hydrogen-bond acceptors (Lipinski definition) is 1. The van der Waals surface area contributed by atoms with Crippen molar-refractivity contribution < 1.29 is 9.13 Å². The predicted octanol–water partition coefficient (Wildman–Crippen LogP) is 4.78. The fourth-order valence-electron chi connectivity index (χ4n) is 2.08. The predicted molar refractivity (Wildman–Crippen MR) is 76.6 cm³/mol. The molecule has 0 fully saturated rings. The molecule has 0 amide bonds. The second-order valence-electron chi connectivity index (χ2n) is 4.61. The first-order valence-corrected chi connectivity index (χ1v) is 6.51. The van der Waals surface area contributed by atoms with E-state index in [0.29, 0.717) is 5.56 Å². The molecule has 0 N–H and O–H groups in total. The summed E-state index contributed by atoms with van der Waals surface area (Å²) >= 11 is 6.43. The van der Waals surface area contributed by atoms with E-state index in [2.05, 4.69) is 0 Å². The summed E-state index contributed by atoms with van der Waals surface area (Å²) in [6.45, 7) is 3.87. The van der Waals surface area contributed by atoms with Crippen LogP contribution in [0.2, 0.25) is 0 Å². The van der Waals surface area contributed by atoms with Gasteiger partial charge in [0.05, 0.1) is 12.5 Å². The van der Waals surface area contributed by atoms with Crippen molar-refractivity contribution >= 4 is 11.6 Å². The molecule has 0 aliphatic rings. The average molecular weight is 279 g/mol. The van der Waals surface area contributed by atoms with E-state index >= 15 is 0 Å². The van der Waals surface area contributed by atoms with Crippen LogP contribution in [0.5, 0.6) is 5.75 Å². The van der Waals surface area contributed by atoms with Crippen LogP contribution >= 0.6 is 11.6 Å². The lowest BCUT2D eigenvalue weighted by molar-refractivity contribution is 0.414. The summed E-state index contributed by atoms with van der Waals surface area (Å²) in [4.78, 5) is 0. The van der Waals surface area contributed by atoms with Gasteiger partial charge in [-0.1, -0.05) is 23.8 Å². The number of halogens is 2. The summed E-state index contributed by atoms with van der Waals surface area (Å²) < 4.78 is 19.0. The maximum Gasteiger partial charge on any atom is 0.128 e. The molecule has 19 heavy (non-hydrogen) atoms. The average Bonchev–Trinajstić information content (AvgIpc) is 2.40. The third kappa shape index (κ3) is 2.90. The van der Waals surface area contributed by atoms with Crippen LogP contribution in [0.3, 0.4) is 0 Å². The third-order valence-electron chi connectivity index (χ3n) is 3.17. The Balaban J connectivity index is 2.43. The number of benzene rings is 2. The van der Waals surface area contributed by atoms with E-state index in [1.165, 1.54) is 6.07 Å². The molecule has 100 valence electrons. The Bertz CT molecular complexity index is 595. The molecule has 0 heterocycles. The van der Waals surface area contributed by atoms with Gasteiger partial charge in [0.1, 0.15) is 11.6 Å². The van der Waals surface area contributed by atoms with Crippen LogP contribution in [0.25, 0.3) is 0 Å². The summed E-state index contributed by atoms with van der Waals surface area (Å²) in [5, 5.41) is -0.495. The van der Waals surface area contributed by atoms with Crippen molar-refractivity contribution in [1.29, 1.82) is 0 Å². The second kappa shape index (κ2) is 5.62. The van der Waals surface area contributed by atoms with Crippen LogP contribution in [0.15, 0.2) is 36.4 Å². The standard InChI is InChI=1S/C16H16ClFO/c1-10-4-7-15(18)14(8-10)16(17)13-6-5-12(19-3)9-11(13)2/h4-9,16H,1-3H3. The van der Waals surface area contributed by atoms with Crippen LogP contribution in [-0.2, 0) is 0 Å². The van der Waals surface area contributed by atoms with Crippen LogP contribution in [0, 0.1) is 19.7 Å². The Kier molecular flexibility index (Phi) is 4.11. The lowest BCUT2D eigenvalue weighted by atomic mass is 9.98. The number of aryl methyl sites for hydroxylation is 2. The summed E-state index contributed by atoms with van der Waals surface area (Å²) in [7, 11) is 1.62. The van der Waals surface area contributed by atoms with Gasteiger partial charge in [0, 0.05) is 5.56 Å². The van der Waals surface area contributed by atoms with E-state index in [4.69, 9.17) is 16.3 Å². The molecule has 3 heteroatoms. The van der Waals surface area contributed by atoms with Gasteiger partial charge in [-0.15, -0.1) is 11.6 Å². The Morgan fingerprint density at radius 3 is 2.42 bits per heavy atom. The highest BCUT2D eigenvalue weighted by Gasteiger charge is 2.17. The topological polar surface area (TPSA) is 9.23 Å². The Hall–Kier alpha value is -1.54. The van der Waals surface area contributed by atoms with E-state index in [-0.39, 0.29) is 5.82 Å². The monoisotopic (exact) mass is 278 g/mol. The lowest BCUT2D eigenvalue weighted by Gasteiger charge is -2.15.